The van der Waals surface area contributed by atoms with Crippen molar-refractivity contribution in [3.05, 3.63) is 57.6 Å². The molecule has 1 aliphatic heterocycles. The maximum atomic E-state index is 5.68. The number of aryl methyl sites for hydroxylation is 1. The summed E-state index contributed by atoms with van der Waals surface area (Å²) < 4.78 is 12.4. The van der Waals surface area contributed by atoms with Crippen LogP contribution in [-0.2, 0) is 0 Å². The number of nitrogens with one attached hydrogen (secondary N) is 1. The molecule has 110 valence electrons. The largest absolute Gasteiger partial charge is 0.486 e. The Bertz CT molecular complexity index is 637. The molecule has 2 aromatic rings. The second-order valence-electron chi connectivity index (χ2n) is 5.19. The number of rotatable bonds is 3. The van der Waals surface area contributed by atoms with E-state index in [9.17, 15) is 0 Å². The van der Waals surface area contributed by atoms with E-state index >= 15 is 0 Å². The quantitative estimate of drug-likeness (QED) is 0.914. The molecule has 1 atom stereocenters. The Balaban J connectivity index is 1.99. The summed E-state index contributed by atoms with van der Waals surface area (Å²) in [6.07, 6.45) is 0. The third-order valence-electron chi connectivity index (χ3n) is 3.59. The van der Waals surface area contributed by atoms with E-state index in [1.165, 1.54) is 16.7 Å². The smallest absolute Gasteiger partial charge is 0.161 e. The average molecular weight is 348 g/mol. The lowest BCUT2D eigenvalue weighted by atomic mass is 9.97. The zero-order valence-electron chi connectivity index (χ0n) is 12.2. The van der Waals surface area contributed by atoms with Crippen molar-refractivity contribution in [2.24, 2.45) is 0 Å². The van der Waals surface area contributed by atoms with Gasteiger partial charge in [0.05, 0.1) is 6.04 Å². The summed E-state index contributed by atoms with van der Waals surface area (Å²) in [5.74, 6) is 1.65. The molecule has 0 aromatic heterocycles. The van der Waals surface area contributed by atoms with Gasteiger partial charge in [0.15, 0.2) is 11.5 Å². The molecular formula is C17H18BrNO2. The molecule has 0 radical (unpaired) electrons. The Hall–Kier alpha value is -1.52. The summed E-state index contributed by atoms with van der Waals surface area (Å²) in [5, 5.41) is 3.38. The fraction of sp³-hybridized carbons (Fsp3) is 0.294. The highest BCUT2D eigenvalue weighted by molar-refractivity contribution is 9.10. The minimum atomic E-state index is 0.122. The highest BCUT2D eigenvalue weighted by atomic mass is 79.9. The molecule has 0 bridgehead atoms. The SMILES string of the molecule is CNC(c1cc(C)cc(Br)c1)c1ccc2c(c1)OCCO2. The van der Waals surface area contributed by atoms with Gasteiger partial charge in [-0.15, -0.1) is 0 Å². The van der Waals surface area contributed by atoms with Gasteiger partial charge in [-0.1, -0.05) is 28.1 Å². The minimum absolute atomic E-state index is 0.122. The number of hydrogen-bond donors (Lipinski definition) is 1. The molecular weight excluding hydrogens is 330 g/mol. The molecule has 4 heteroatoms. The van der Waals surface area contributed by atoms with Gasteiger partial charge in [0.2, 0.25) is 0 Å². The predicted molar refractivity (Wildman–Crippen MR) is 87.2 cm³/mol. The van der Waals surface area contributed by atoms with Crippen LogP contribution in [0.4, 0.5) is 0 Å². The third-order valence-corrected chi connectivity index (χ3v) is 4.04. The zero-order valence-corrected chi connectivity index (χ0v) is 13.7. The Morgan fingerprint density at radius 2 is 1.76 bits per heavy atom. The molecule has 21 heavy (non-hydrogen) atoms. The van der Waals surface area contributed by atoms with E-state index in [1.54, 1.807) is 0 Å². The molecule has 3 rings (SSSR count). The lowest BCUT2D eigenvalue weighted by Gasteiger charge is -2.22. The number of halogens is 1. The van der Waals surface area contributed by atoms with Crippen LogP contribution in [0.25, 0.3) is 0 Å². The van der Waals surface area contributed by atoms with Gasteiger partial charge in [0.1, 0.15) is 13.2 Å². The van der Waals surface area contributed by atoms with E-state index < -0.39 is 0 Å². The van der Waals surface area contributed by atoms with Crippen LogP contribution in [0.5, 0.6) is 11.5 Å². The molecule has 0 spiro atoms. The van der Waals surface area contributed by atoms with E-state index in [1.807, 2.05) is 13.1 Å². The van der Waals surface area contributed by atoms with Crippen LogP contribution in [0.2, 0.25) is 0 Å². The molecule has 1 heterocycles. The molecule has 3 nitrogen and oxygen atoms in total. The molecule has 0 saturated carbocycles. The summed E-state index contributed by atoms with van der Waals surface area (Å²) in [4.78, 5) is 0. The second kappa shape index (κ2) is 6.08. The van der Waals surface area contributed by atoms with Gasteiger partial charge in [-0.2, -0.15) is 0 Å². The van der Waals surface area contributed by atoms with Crippen molar-refractivity contribution in [1.29, 1.82) is 0 Å². The van der Waals surface area contributed by atoms with Gasteiger partial charge in [0, 0.05) is 4.47 Å². The molecule has 0 fully saturated rings. The second-order valence-corrected chi connectivity index (χ2v) is 6.10. The van der Waals surface area contributed by atoms with Crippen molar-refractivity contribution in [2.75, 3.05) is 20.3 Å². The molecule has 1 unspecified atom stereocenters. The average Bonchev–Trinajstić information content (AvgIpc) is 2.47. The van der Waals surface area contributed by atoms with Crippen molar-refractivity contribution in [1.82, 2.24) is 5.32 Å². The van der Waals surface area contributed by atoms with Gasteiger partial charge in [0.25, 0.3) is 0 Å². The fourth-order valence-corrected chi connectivity index (χ4v) is 3.32. The van der Waals surface area contributed by atoms with Crippen LogP contribution >= 0.6 is 15.9 Å². The Morgan fingerprint density at radius 1 is 1.00 bits per heavy atom. The van der Waals surface area contributed by atoms with Crippen LogP contribution in [0.15, 0.2) is 40.9 Å². The van der Waals surface area contributed by atoms with Crippen LogP contribution in [-0.4, -0.2) is 20.3 Å². The van der Waals surface area contributed by atoms with Crippen LogP contribution < -0.4 is 14.8 Å². The molecule has 2 aromatic carbocycles. The first-order chi connectivity index (χ1) is 10.2. The van der Waals surface area contributed by atoms with E-state index in [-0.39, 0.29) is 6.04 Å². The molecule has 0 amide bonds. The highest BCUT2D eigenvalue weighted by Crippen LogP contribution is 2.34. The van der Waals surface area contributed by atoms with Crippen LogP contribution in [0.3, 0.4) is 0 Å². The van der Waals surface area contributed by atoms with Gasteiger partial charge in [-0.25, -0.2) is 0 Å². The maximum absolute atomic E-state index is 5.68. The predicted octanol–water partition coefficient (Wildman–Crippen LogP) is 3.84. The summed E-state index contributed by atoms with van der Waals surface area (Å²) >= 11 is 3.57. The summed E-state index contributed by atoms with van der Waals surface area (Å²) in [6.45, 7) is 3.33. The maximum Gasteiger partial charge on any atom is 0.161 e. The van der Waals surface area contributed by atoms with E-state index in [2.05, 4.69) is 58.5 Å². The lowest BCUT2D eigenvalue weighted by molar-refractivity contribution is 0.171. The summed E-state index contributed by atoms with van der Waals surface area (Å²) in [7, 11) is 1.97. The number of hydrogen-bond acceptors (Lipinski definition) is 3. The van der Waals surface area contributed by atoms with Gasteiger partial charge < -0.3 is 14.8 Å². The van der Waals surface area contributed by atoms with Crippen LogP contribution in [0.1, 0.15) is 22.7 Å². The van der Waals surface area contributed by atoms with Crippen molar-refractivity contribution < 1.29 is 9.47 Å². The molecule has 1 N–H and O–H groups in total. The first-order valence-electron chi connectivity index (χ1n) is 7.01. The topological polar surface area (TPSA) is 30.5 Å². The zero-order chi connectivity index (χ0) is 14.8. The Morgan fingerprint density at radius 3 is 2.48 bits per heavy atom. The Labute approximate surface area is 133 Å². The first-order valence-corrected chi connectivity index (χ1v) is 7.80. The van der Waals surface area contributed by atoms with Gasteiger partial charge in [-0.3, -0.25) is 0 Å². The van der Waals surface area contributed by atoms with Crippen molar-refractivity contribution >= 4 is 15.9 Å². The highest BCUT2D eigenvalue weighted by Gasteiger charge is 2.17. The molecule has 0 aliphatic carbocycles. The van der Waals surface area contributed by atoms with Crippen molar-refractivity contribution in [3.8, 4) is 11.5 Å². The molecule has 0 saturated heterocycles. The van der Waals surface area contributed by atoms with Crippen LogP contribution in [0, 0.1) is 6.92 Å². The first kappa shape index (κ1) is 14.4. The number of benzene rings is 2. The fourth-order valence-electron chi connectivity index (χ4n) is 2.70. The molecule has 1 aliphatic rings. The van der Waals surface area contributed by atoms with Crippen molar-refractivity contribution in [2.45, 2.75) is 13.0 Å². The number of ether oxygens (including phenoxy) is 2. The number of fused-ring (bicyclic) bond motifs is 1. The third kappa shape index (κ3) is 3.06. The Kier molecular flexibility index (Phi) is 4.17. The summed E-state index contributed by atoms with van der Waals surface area (Å²) in [5.41, 5.74) is 3.62. The van der Waals surface area contributed by atoms with Gasteiger partial charge >= 0.3 is 0 Å². The summed E-state index contributed by atoms with van der Waals surface area (Å²) in [6, 6.07) is 12.7. The van der Waals surface area contributed by atoms with E-state index in [0.29, 0.717) is 13.2 Å². The lowest BCUT2D eigenvalue weighted by Crippen LogP contribution is -2.19. The monoisotopic (exact) mass is 347 g/mol. The van der Waals surface area contributed by atoms with Crippen molar-refractivity contribution in [3.63, 3.8) is 0 Å². The standard InChI is InChI=1S/C17H18BrNO2/c1-11-7-13(9-14(18)8-11)17(19-2)12-3-4-15-16(10-12)21-6-5-20-15/h3-4,7-10,17,19H,5-6H2,1-2H3. The van der Waals surface area contributed by atoms with Gasteiger partial charge in [-0.05, 0) is 54.9 Å². The van der Waals surface area contributed by atoms with E-state index in [0.717, 1.165) is 16.0 Å². The minimum Gasteiger partial charge on any atom is -0.486 e. The van der Waals surface area contributed by atoms with E-state index in [4.69, 9.17) is 9.47 Å². The normalized spacial score (nSPS) is 14.8.